The molecule has 0 aromatic heterocycles. The summed E-state index contributed by atoms with van der Waals surface area (Å²) in [5, 5.41) is -6.65. The van der Waals surface area contributed by atoms with Gasteiger partial charge in [-0.3, -0.25) is 0 Å². The van der Waals surface area contributed by atoms with E-state index in [4.69, 9.17) is 0 Å². The highest BCUT2D eigenvalue weighted by Gasteiger charge is 2.71. The predicted octanol–water partition coefficient (Wildman–Crippen LogP) is 8.71. The van der Waals surface area contributed by atoms with Crippen LogP contribution in [0.1, 0.15) is 90.5 Å². The van der Waals surface area contributed by atoms with Crippen LogP contribution in [0.4, 0.5) is 35.1 Å². The van der Waals surface area contributed by atoms with Crippen LogP contribution in [0.25, 0.3) is 0 Å². The zero-order valence-electron chi connectivity index (χ0n) is 25.0. The summed E-state index contributed by atoms with van der Waals surface area (Å²) in [6.45, 7) is 6.83. The molecule has 4 nitrogen and oxygen atoms in total. The maximum Gasteiger partial charge on any atom is 0.438 e. The van der Waals surface area contributed by atoms with Crippen molar-refractivity contribution in [3.8, 4) is 0 Å². The minimum absolute atomic E-state index is 0.289. The summed E-state index contributed by atoms with van der Waals surface area (Å²) in [6.07, 6.45) is -7.41. The maximum absolute atomic E-state index is 14.0. The Morgan fingerprint density at radius 3 is 1.68 bits per heavy atom. The lowest BCUT2D eigenvalue weighted by atomic mass is 9.48. The smallest absolute Gasteiger partial charge is 0.438 e. The number of ether oxygens (including phenoxy) is 1. The Labute approximate surface area is 256 Å². The summed E-state index contributed by atoms with van der Waals surface area (Å²) < 4.78 is 141. The number of halogens is 8. The molecular formula is C30H40F8O4S2. The normalized spacial score (nSPS) is 28.2. The topological polar surface area (TPSA) is 66.4 Å². The van der Waals surface area contributed by atoms with Crippen molar-refractivity contribution >= 4 is 21.0 Å². The van der Waals surface area contributed by atoms with Crippen LogP contribution >= 0.6 is 0 Å². The Morgan fingerprint density at radius 1 is 0.818 bits per heavy atom. The number of hydrogen-bond acceptors (Lipinski definition) is 4. The second-order valence-corrected chi connectivity index (χ2v) is 17.8. The van der Waals surface area contributed by atoms with Crippen LogP contribution in [0.2, 0.25) is 0 Å². The third-order valence-corrected chi connectivity index (χ3v) is 12.9. The lowest BCUT2D eigenvalue weighted by Crippen LogP contribution is -2.56. The summed E-state index contributed by atoms with van der Waals surface area (Å²) in [5.74, 6) is -1.52. The molecule has 4 aliphatic carbocycles. The fourth-order valence-corrected chi connectivity index (χ4v) is 10.3. The molecule has 4 saturated carbocycles. The second-order valence-electron chi connectivity index (χ2n) is 14.1. The minimum atomic E-state index is -7.16. The van der Waals surface area contributed by atoms with E-state index in [-0.39, 0.29) is 5.41 Å². The molecule has 6 rings (SSSR count). The van der Waals surface area contributed by atoms with E-state index in [9.17, 15) is 48.1 Å². The third-order valence-electron chi connectivity index (χ3n) is 9.55. The van der Waals surface area contributed by atoms with Crippen LogP contribution in [0.15, 0.2) is 29.2 Å². The van der Waals surface area contributed by atoms with Crippen LogP contribution in [0.3, 0.4) is 0 Å². The van der Waals surface area contributed by atoms with Gasteiger partial charge in [0.15, 0.2) is 15.0 Å². The van der Waals surface area contributed by atoms with E-state index in [2.05, 4.69) is 49.8 Å². The van der Waals surface area contributed by atoms with Crippen molar-refractivity contribution in [3.05, 3.63) is 29.8 Å². The molecule has 0 amide bonds. The van der Waals surface area contributed by atoms with Crippen molar-refractivity contribution in [2.45, 2.75) is 119 Å². The molecule has 5 aliphatic rings. The highest BCUT2D eigenvalue weighted by Crippen LogP contribution is 2.62. The van der Waals surface area contributed by atoms with Crippen LogP contribution in [0, 0.1) is 23.2 Å². The monoisotopic (exact) mass is 680 g/mol. The molecule has 44 heavy (non-hydrogen) atoms. The van der Waals surface area contributed by atoms with Gasteiger partial charge in [-0.1, -0.05) is 32.9 Å². The van der Waals surface area contributed by atoms with Crippen LogP contribution in [-0.4, -0.2) is 47.9 Å². The van der Waals surface area contributed by atoms with E-state index in [0.29, 0.717) is 47.9 Å². The van der Waals surface area contributed by atoms with Crippen molar-refractivity contribution in [2.24, 2.45) is 23.2 Å². The van der Waals surface area contributed by atoms with Gasteiger partial charge in [-0.05, 0) is 104 Å². The summed E-state index contributed by atoms with van der Waals surface area (Å²) in [5.41, 5.74) is 1.12. The number of benzene rings is 1. The van der Waals surface area contributed by atoms with Gasteiger partial charge in [-0.2, -0.15) is 35.1 Å². The van der Waals surface area contributed by atoms with E-state index < -0.39 is 51.8 Å². The quantitative estimate of drug-likeness (QED) is 0.149. The first-order valence-electron chi connectivity index (χ1n) is 14.9. The molecule has 1 heterocycles. The number of hydrogen-bond donors (Lipinski definition) is 0. The summed E-state index contributed by atoms with van der Waals surface area (Å²) in [4.78, 5) is 1.58. The van der Waals surface area contributed by atoms with Crippen molar-refractivity contribution in [3.63, 3.8) is 0 Å². The van der Waals surface area contributed by atoms with Gasteiger partial charge in [0.1, 0.15) is 11.5 Å². The standard InChI is InChI=1S/C16H20F8O4S.C14H21S/c17-13(18,14(19,20)28-15(21,22)16(23,24)29(25,26)27)2-1-12-6-9-3-10(7-12)5-11(4-9)8-12;1-14(2,3)12-6-8-13(9-7-12)15-10-4-5-11-15/h9-11H,1-8H2,(H,25,26,27);6-9H,4-5,10-11H2,1-3H3/q;+1/p-1. The van der Waals surface area contributed by atoms with Gasteiger partial charge in [0.25, 0.3) is 0 Å². The first kappa shape index (κ1) is 35.7. The molecule has 1 aromatic rings. The highest BCUT2D eigenvalue weighted by molar-refractivity contribution is 7.97. The molecule has 4 bridgehead atoms. The molecule has 14 heteroatoms. The Hall–Kier alpha value is -1.12. The number of alkyl halides is 8. The van der Waals surface area contributed by atoms with Gasteiger partial charge in [0.2, 0.25) is 0 Å². The molecule has 252 valence electrons. The lowest BCUT2D eigenvalue weighted by molar-refractivity contribution is -0.457. The van der Waals surface area contributed by atoms with Gasteiger partial charge >= 0.3 is 23.4 Å². The van der Waals surface area contributed by atoms with Crippen LogP contribution in [-0.2, 0) is 31.2 Å². The summed E-state index contributed by atoms with van der Waals surface area (Å²) >= 11 is 0. The average molecular weight is 681 g/mol. The van der Waals surface area contributed by atoms with Crippen molar-refractivity contribution in [1.29, 1.82) is 0 Å². The Bertz CT molecular complexity index is 1220. The average Bonchev–Trinajstić information content (AvgIpc) is 3.41. The van der Waals surface area contributed by atoms with E-state index >= 15 is 0 Å². The third kappa shape index (κ3) is 7.54. The fraction of sp³-hybridized carbons (Fsp3) is 0.800. The SMILES string of the molecule is CC(C)(C)c1ccc([S+]2CCCC2)cc1.O=S(=O)([O-])C(F)(F)C(F)(F)OC(F)(F)C(F)(F)CCC12CC3CC(CC(C3)C1)C2. The molecule has 5 fully saturated rings. The predicted molar refractivity (Wildman–Crippen MR) is 150 cm³/mol. The van der Waals surface area contributed by atoms with E-state index in [1.54, 1.807) is 4.90 Å². The summed E-state index contributed by atoms with van der Waals surface area (Å²) in [7, 11) is -6.58. The van der Waals surface area contributed by atoms with E-state index in [0.717, 1.165) is 19.3 Å². The van der Waals surface area contributed by atoms with Crippen LogP contribution < -0.4 is 0 Å². The van der Waals surface area contributed by atoms with Gasteiger partial charge in [-0.15, -0.1) is 0 Å². The molecule has 1 aliphatic heterocycles. The molecule has 0 N–H and O–H groups in total. The molecule has 0 atom stereocenters. The lowest BCUT2D eigenvalue weighted by Gasteiger charge is -2.57. The maximum atomic E-state index is 14.0. The Morgan fingerprint density at radius 2 is 1.27 bits per heavy atom. The first-order chi connectivity index (χ1) is 20.0. The zero-order chi connectivity index (χ0) is 33.0. The molecule has 0 radical (unpaired) electrons. The van der Waals surface area contributed by atoms with Crippen molar-refractivity contribution < 1.29 is 52.8 Å². The molecule has 1 saturated heterocycles. The molecule has 1 aromatic carbocycles. The van der Waals surface area contributed by atoms with E-state index in [1.807, 2.05) is 0 Å². The molecule has 0 spiro atoms. The minimum Gasteiger partial charge on any atom is -0.743 e. The molecule has 0 unspecified atom stereocenters. The first-order valence-corrected chi connectivity index (χ1v) is 17.9. The van der Waals surface area contributed by atoms with Gasteiger partial charge in [0, 0.05) is 17.3 Å². The van der Waals surface area contributed by atoms with E-state index in [1.165, 1.54) is 29.9 Å². The Balaban J connectivity index is 0.000000246. The van der Waals surface area contributed by atoms with Gasteiger partial charge in [-0.25, -0.2) is 13.2 Å². The molecular weight excluding hydrogens is 640 g/mol. The largest absolute Gasteiger partial charge is 0.743 e. The zero-order valence-corrected chi connectivity index (χ0v) is 26.6. The van der Waals surface area contributed by atoms with Crippen LogP contribution in [0.5, 0.6) is 0 Å². The fourth-order valence-electron chi connectivity index (χ4n) is 7.64. The van der Waals surface area contributed by atoms with Gasteiger partial charge < -0.3 is 4.55 Å². The summed E-state index contributed by atoms with van der Waals surface area (Å²) in [6, 6.07) is 9.35. The highest BCUT2D eigenvalue weighted by atomic mass is 32.2. The van der Waals surface area contributed by atoms with Crippen molar-refractivity contribution in [1.82, 2.24) is 0 Å². The number of rotatable bonds is 9. The van der Waals surface area contributed by atoms with Crippen molar-refractivity contribution in [2.75, 3.05) is 11.5 Å². The van der Waals surface area contributed by atoms with Gasteiger partial charge in [0.05, 0.1) is 0 Å². The Kier molecular flexibility index (Phi) is 9.87. The second kappa shape index (κ2) is 12.2.